The van der Waals surface area contributed by atoms with E-state index in [1.165, 1.54) is 11.3 Å². The molecule has 1 N–H and O–H groups in total. The van der Waals surface area contributed by atoms with Gasteiger partial charge < -0.3 is 5.32 Å². The molecule has 0 aliphatic rings. The normalized spacial score (nSPS) is 10.6. The Labute approximate surface area is 108 Å². The van der Waals surface area contributed by atoms with Gasteiger partial charge in [-0.25, -0.2) is 4.98 Å². The predicted octanol–water partition coefficient (Wildman–Crippen LogP) is 2.49. The van der Waals surface area contributed by atoms with Gasteiger partial charge in [-0.3, -0.25) is 4.68 Å². The van der Waals surface area contributed by atoms with Crippen LogP contribution in [0.4, 0.5) is 5.82 Å². The Bertz CT molecular complexity index is 499. The largest absolute Gasteiger partial charge is 0.373 e. The Morgan fingerprint density at radius 2 is 2.06 bits per heavy atom. The van der Waals surface area contributed by atoms with E-state index in [4.69, 9.17) is 0 Å². The van der Waals surface area contributed by atoms with Gasteiger partial charge in [-0.2, -0.15) is 5.10 Å². The van der Waals surface area contributed by atoms with E-state index in [2.05, 4.69) is 46.1 Å². The Kier molecular flexibility index (Phi) is 3.97. The zero-order chi connectivity index (χ0) is 13.0. The fraction of sp³-hybridized carbons (Fsp3) is 0.429. The number of rotatable bonds is 5. The highest BCUT2D eigenvalue weighted by molar-refractivity contribution is 5.34. The summed E-state index contributed by atoms with van der Waals surface area (Å²) < 4.78 is 2.08. The maximum Gasteiger partial charge on any atom is 0.125 e. The van der Waals surface area contributed by atoms with Crippen LogP contribution >= 0.6 is 0 Å². The summed E-state index contributed by atoms with van der Waals surface area (Å²) >= 11 is 0. The quantitative estimate of drug-likeness (QED) is 0.878. The molecule has 2 rings (SSSR count). The highest BCUT2D eigenvalue weighted by atomic mass is 15.3. The van der Waals surface area contributed by atoms with Crippen molar-refractivity contribution in [2.45, 2.75) is 33.2 Å². The van der Waals surface area contributed by atoms with E-state index in [-0.39, 0.29) is 0 Å². The summed E-state index contributed by atoms with van der Waals surface area (Å²) in [5.74, 6) is 0.893. The molecule has 0 aliphatic carbocycles. The van der Waals surface area contributed by atoms with E-state index in [0.29, 0.717) is 0 Å². The van der Waals surface area contributed by atoms with Gasteiger partial charge in [-0.15, -0.1) is 0 Å². The van der Waals surface area contributed by atoms with E-state index in [0.717, 1.165) is 30.9 Å². The van der Waals surface area contributed by atoms with Gasteiger partial charge >= 0.3 is 0 Å². The van der Waals surface area contributed by atoms with Gasteiger partial charge in [0.15, 0.2) is 0 Å². The average molecular weight is 244 g/mol. The van der Waals surface area contributed by atoms with Crippen LogP contribution in [-0.2, 0) is 19.4 Å². The minimum atomic E-state index is 0.792. The van der Waals surface area contributed by atoms with Gasteiger partial charge in [0.2, 0.25) is 0 Å². The van der Waals surface area contributed by atoms with E-state index < -0.39 is 0 Å². The molecule has 0 radical (unpaired) electrons. The molecule has 0 saturated heterocycles. The molecule has 2 aromatic rings. The molecular formula is C14H20N4. The average Bonchev–Trinajstić information content (AvgIpc) is 2.82. The monoisotopic (exact) mass is 244 g/mol. The minimum absolute atomic E-state index is 0.792. The molecule has 0 aliphatic heterocycles. The Morgan fingerprint density at radius 3 is 2.61 bits per heavy atom. The van der Waals surface area contributed by atoms with E-state index in [9.17, 15) is 0 Å². The summed E-state index contributed by atoms with van der Waals surface area (Å²) in [6, 6.07) is 6.27. The first-order chi connectivity index (χ1) is 8.76. The highest BCUT2D eigenvalue weighted by Crippen LogP contribution is 2.10. The first-order valence-corrected chi connectivity index (χ1v) is 6.45. The van der Waals surface area contributed by atoms with Crippen molar-refractivity contribution < 1.29 is 0 Å². The standard InChI is InChI=1S/C14H20N4/c1-4-12-8-13(5-2)18(17-12)10-11-6-7-14(15-3)16-9-11/h6-9H,4-5,10H2,1-3H3,(H,15,16). The smallest absolute Gasteiger partial charge is 0.125 e. The lowest BCUT2D eigenvalue weighted by atomic mass is 10.2. The number of nitrogens with one attached hydrogen (secondary N) is 1. The second kappa shape index (κ2) is 5.67. The van der Waals surface area contributed by atoms with Crippen LogP contribution in [0.15, 0.2) is 24.4 Å². The lowest BCUT2D eigenvalue weighted by Crippen LogP contribution is -2.06. The summed E-state index contributed by atoms with van der Waals surface area (Å²) in [5.41, 5.74) is 3.62. The van der Waals surface area contributed by atoms with E-state index in [1.807, 2.05) is 19.3 Å². The van der Waals surface area contributed by atoms with E-state index >= 15 is 0 Å². The summed E-state index contributed by atoms with van der Waals surface area (Å²) in [7, 11) is 1.87. The Morgan fingerprint density at radius 1 is 1.22 bits per heavy atom. The van der Waals surface area contributed by atoms with Crippen LogP contribution < -0.4 is 5.32 Å². The van der Waals surface area contributed by atoms with Crippen LogP contribution in [0.25, 0.3) is 0 Å². The fourth-order valence-corrected chi connectivity index (χ4v) is 1.95. The molecule has 2 heterocycles. The van der Waals surface area contributed by atoms with Crippen LogP contribution in [0.1, 0.15) is 30.8 Å². The molecule has 0 unspecified atom stereocenters. The van der Waals surface area contributed by atoms with Gasteiger partial charge in [-0.05, 0) is 30.5 Å². The fourth-order valence-electron chi connectivity index (χ4n) is 1.95. The summed E-state index contributed by atoms with van der Waals surface area (Å²) in [5, 5.41) is 7.63. The van der Waals surface area contributed by atoms with Gasteiger partial charge in [0.05, 0.1) is 12.2 Å². The van der Waals surface area contributed by atoms with Crippen LogP contribution in [0.2, 0.25) is 0 Å². The molecule has 0 spiro atoms. The summed E-state index contributed by atoms with van der Waals surface area (Å²) in [4.78, 5) is 4.32. The van der Waals surface area contributed by atoms with Crippen molar-refractivity contribution in [1.82, 2.24) is 14.8 Å². The minimum Gasteiger partial charge on any atom is -0.373 e. The van der Waals surface area contributed by atoms with Crippen LogP contribution in [0.5, 0.6) is 0 Å². The van der Waals surface area contributed by atoms with Crippen LogP contribution in [0.3, 0.4) is 0 Å². The van der Waals surface area contributed by atoms with Gasteiger partial charge in [0.25, 0.3) is 0 Å². The molecule has 18 heavy (non-hydrogen) atoms. The number of hydrogen-bond acceptors (Lipinski definition) is 3. The first-order valence-electron chi connectivity index (χ1n) is 6.45. The van der Waals surface area contributed by atoms with Gasteiger partial charge in [-0.1, -0.05) is 19.9 Å². The molecule has 96 valence electrons. The lowest BCUT2D eigenvalue weighted by molar-refractivity contribution is 0.639. The third-order valence-electron chi connectivity index (χ3n) is 3.05. The first kappa shape index (κ1) is 12.6. The maximum absolute atomic E-state index is 4.61. The molecule has 0 fully saturated rings. The molecule has 4 nitrogen and oxygen atoms in total. The zero-order valence-corrected chi connectivity index (χ0v) is 11.3. The number of anilines is 1. The lowest BCUT2D eigenvalue weighted by Gasteiger charge is -2.06. The van der Waals surface area contributed by atoms with Crippen LogP contribution in [0, 0.1) is 0 Å². The molecule has 0 saturated carbocycles. The van der Waals surface area contributed by atoms with Gasteiger partial charge in [0.1, 0.15) is 5.82 Å². The van der Waals surface area contributed by atoms with Crippen molar-refractivity contribution in [3.05, 3.63) is 41.3 Å². The maximum atomic E-state index is 4.61. The molecule has 0 amide bonds. The van der Waals surface area contributed by atoms with Crippen LogP contribution in [-0.4, -0.2) is 21.8 Å². The molecule has 0 atom stereocenters. The molecule has 4 heteroatoms. The van der Waals surface area contributed by atoms with Crippen molar-refractivity contribution >= 4 is 5.82 Å². The molecule has 0 bridgehead atoms. The van der Waals surface area contributed by atoms with Crippen molar-refractivity contribution in [3.63, 3.8) is 0 Å². The number of nitrogens with zero attached hydrogens (tertiary/aromatic N) is 3. The third kappa shape index (κ3) is 2.70. The second-order valence-electron chi connectivity index (χ2n) is 4.29. The van der Waals surface area contributed by atoms with Crippen molar-refractivity contribution in [2.75, 3.05) is 12.4 Å². The van der Waals surface area contributed by atoms with Gasteiger partial charge in [0, 0.05) is 18.9 Å². The molecule has 2 aromatic heterocycles. The predicted molar refractivity (Wildman–Crippen MR) is 73.9 cm³/mol. The van der Waals surface area contributed by atoms with Crippen molar-refractivity contribution in [2.24, 2.45) is 0 Å². The topological polar surface area (TPSA) is 42.7 Å². The zero-order valence-electron chi connectivity index (χ0n) is 11.3. The SMILES string of the molecule is CCc1cc(CC)n(Cc2ccc(NC)nc2)n1. The second-order valence-corrected chi connectivity index (χ2v) is 4.29. The highest BCUT2D eigenvalue weighted by Gasteiger charge is 2.06. The number of aryl methyl sites for hydroxylation is 2. The summed E-state index contributed by atoms with van der Waals surface area (Å²) in [6.07, 6.45) is 3.89. The van der Waals surface area contributed by atoms with Crippen molar-refractivity contribution in [3.8, 4) is 0 Å². The van der Waals surface area contributed by atoms with Crippen molar-refractivity contribution in [1.29, 1.82) is 0 Å². The number of hydrogen-bond donors (Lipinski definition) is 1. The third-order valence-corrected chi connectivity index (χ3v) is 3.05. The summed E-state index contributed by atoms with van der Waals surface area (Å²) in [6.45, 7) is 5.09. The molecular weight excluding hydrogens is 224 g/mol. The van der Waals surface area contributed by atoms with E-state index in [1.54, 1.807) is 0 Å². The Balaban J connectivity index is 2.18. The number of aromatic nitrogens is 3. The molecule has 0 aromatic carbocycles. The number of pyridine rings is 1. The Hall–Kier alpha value is -1.84.